The molecule has 37 heavy (non-hydrogen) atoms. The van der Waals surface area contributed by atoms with Gasteiger partial charge in [0.15, 0.2) is 0 Å². The number of ketones is 1. The van der Waals surface area contributed by atoms with E-state index in [0.717, 1.165) is 47.8 Å². The second kappa shape index (κ2) is 11.5. The number of imidazole rings is 1. The van der Waals surface area contributed by atoms with Gasteiger partial charge in [0.25, 0.3) is 0 Å². The van der Waals surface area contributed by atoms with E-state index in [1.807, 2.05) is 48.1 Å². The fourth-order valence-corrected chi connectivity index (χ4v) is 5.58. The number of nitrogens with zero attached hydrogens (tertiary/aromatic N) is 7. The summed E-state index contributed by atoms with van der Waals surface area (Å²) in [5, 5.41) is 21.5. The Labute approximate surface area is 218 Å². The van der Waals surface area contributed by atoms with Gasteiger partial charge in [-0.15, -0.1) is 10.2 Å². The quantitative estimate of drug-likeness (QED) is 0.340. The molecule has 1 N–H and O–H groups in total. The Kier molecular flexibility index (Phi) is 7.69. The predicted molar refractivity (Wildman–Crippen MR) is 138 cm³/mol. The highest BCUT2D eigenvalue weighted by molar-refractivity contribution is 7.15. The van der Waals surface area contributed by atoms with Gasteiger partial charge in [-0.2, -0.15) is 10.2 Å². The van der Waals surface area contributed by atoms with E-state index in [1.165, 1.54) is 11.3 Å². The Morgan fingerprint density at radius 3 is 2.54 bits per heavy atom. The Morgan fingerprint density at radius 2 is 1.78 bits per heavy atom. The van der Waals surface area contributed by atoms with Crippen molar-refractivity contribution in [2.45, 2.75) is 50.9 Å². The van der Waals surface area contributed by atoms with Crippen molar-refractivity contribution in [2.75, 3.05) is 5.32 Å². The number of Topliss-reactive ketones (excluding diaryl/α,β-unsaturated/α-hetero) is 1. The van der Waals surface area contributed by atoms with Crippen LogP contribution in [0.25, 0.3) is 0 Å². The highest BCUT2D eigenvalue weighted by Crippen LogP contribution is 2.41. The van der Waals surface area contributed by atoms with Gasteiger partial charge in [0.05, 0.1) is 36.3 Å². The molecule has 1 aliphatic carbocycles. The Hall–Kier alpha value is -3.86. The van der Waals surface area contributed by atoms with E-state index in [2.05, 4.69) is 35.7 Å². The fourth-order valence-electron chi connectivity index (χ4n) is 4.68. The normalized spacial score (nSPS) is 17.1. The zero-order valence-corrected chi connectivity index (χ0v) is 21.4. The molecule has 4 heterocycles. The fraction of sp³-hybridized carbons (Fsp3) is 0.385. The third-order valence-electron chi connectivity index (χ3n) is 6.43. The first-order chi connectivity index (χ1) is 18.0. The van der Waals surface area contributed by atoms with E-state index in [0.29, 0.717) is 29.1 Å². The second-order valence-corrected chi connectivity index (χ2v) is 10.5. The molecule has 10 nitrogen and oxygen atoms in total. The summed E-state index contributed by atoms with van der Waals surface area (Å²) >= 11 is 1.45. The number of amides is 1. The van der Waals surface area contributed by atoms with Crippen LogP contribution in [0.3, 0.4) is 0 Å². The molecule has 0 unspecified atom stereocenters. The van der Waals surface area contributed by atoms with Crippen LogP contribution in [0.5, 0.6) is 0 Å². The Balaban J connectivity index is 1.08. The lowest BCUT2D eigenvalue weighted by atomic mass is 9.99. The van der Waals surface area contributed by atoms with Gasteiger partial charge >= 0.3 is 0 Å². The van der Waals surface area contributed by atoms with Crippen molar-refractivity contribution in [1.82, 2.24) is 34.9 Å². The minimum atomic E-state index is -0.147. The number of carbonyl (C=O) groups excluding carboxylic acids is 2. The third-order valence-corrected chi connectivity index (χ3v) is 7.43. The van der Waals surface area contributed by atoms with Crippen LogP contribution in [0.2, 0.25) is 0 Å². The number of pyridine rings is 1. The lowest BCUT2D eigenvalue weighted by molar-refractivity contribution is -0.118. The van der Waals surface area contributed by atoms with Gasteiger partial charge in [0.1, 0.15) is 10.8 Å². The number of nitrogens with one attached hydrogen (secondary N) is 1. The van der Waals surface area contributed by atoms with Gasteiger partial charge in [-0.1, -0.05) is 17.4 Å². The monoisotopic (exact) mass is 516 g/mol. The van der Waals surface area contributed by atoms with Crippen molar-refractivity contribution >= 4 is 28.2 Å². The van der Waals surface area contributed by atoms with Gasteiger partial charge in [0.2, 0.25) is 11.0 Å². The van der Waals surface area contributed by atoms with E-state index in [4.69, 9.17) is 0 Å². The molecule has 2 atom stereocenters. The lowest BCUT2D eigenvalue weighted by Crippen LogP contribution is -2.14. The maximum absolute atomic E-state index is 12.3. The van der Waals surface area contributed by atoms with Crippen LogP contribution in [-0.2, 0) is 42.3 Å². The van der Waals surface area contributed by atoms with E-state index < -0.39 is 0 Å². The van der Waals surface area contributed by atoms with E-state index in [9.17, 15) is 9.59 Å². The summed E-state index contributed by atoms with van der Waals surface area (Å²) in [5.74, 6) is 0.748. The van der Waals surface area contributed by atoms with Crippen LogP contribution in [-0.4, -0.2) is 46.6 Å². The summed E-state index contributed by atoms with van der Waals surface area (Å²) in [5.41, 5.74) is 3.10. The number of rotatable bonds is 10. The molecule has 4 aromatic rings. The summed E-state index contributed by atoms with van der Waals surface area (Å²) in [6, 6.07) is 9.44. The molecule has 0 bridgehead atoms. The van der Waals surface area contributed by atoms with Crippen molar-refractivity contribution in [3.8, 4) is 0 Å². The number of aryl methyl sites for hydroxylation is 1. The minimum absolute atomic E-state index is 0.0729. The van der Waals surface area contributed by atoms with Crippen molar-refractivity contribution in [1.29, 1.82) is 0 Å². The summed E-state index contributed by atoms with van der Waals surface area (Å²) in [7, 11) is 1.87. The van der Waals surface area contributed by atoms with Gasteiger partial charge in [0, 0.05) is 37.5 Å². The molecule has 0 aromatic carbocycles. The average molecular weight is 517 g/mol. The number of hydrogen-bond acceptors (Lipinski definition) is 9. The summed E-state index contributed by atoms with van der Waals surface area (Å²) in [4.78, 5) is 33.0. The molecular formula is C26H28N8O2S. The molecule has 5 rings (SSSR count). The maximum Gasteiger partial charge on any atom is 0.232 e. The SMILES string of the molecule is Cn1cnc(CC(=O)Nc2nnc([C@H]3CC[C@@H](Cc4ccc(CC(=O)Cc5ccccn5)nn4)C3)s2)c1. The summed E-state index contributed by atoms with van der Waals surface area (Å²) in [6.07, 6.45) is 9.92. The van der Waals surface area contributed by atoms with Crippen molar-refractivity contribution in [3.05, 3.63) is 76.8 Å². The maximum atomic E-state index is 12.3. The molecular weight excluding hydrogens is 488 g/mol. The molecule has 0 radical (unpaired) electrons. The average Bonchev–Trinajstić information content (AvgIpc) is 3.63. The smallest absolute Gasteiger partial charge is 0.232 e. The van der Waals surface area contributed by atoms with E-state index in [1.54, 1.807) is 12.5 Å². The van der Waals surface area contributed by atoms with Gasteiger partial charge < -0.3 is 9.88 Å². The number of carbonyl (C=O) groups is 2. The molecule has 1 fully saturated rings. The van der Waals surface area contributed by atoms with Crippen molar-refractivity contribution in [2.24, 2.45) is 13.0 Å². The van der Waals surface area contributed by atoms with Crippen LogP contribution in [0, 0.1) is 5.92 Å². The molecule has 1 saturated carbocycles. The third kappa shape index (κ3) is 6.88. The topological polar surface area (TPSA) is 128 Å². The minimum Gasteiger partial charge on any atom is -0.340 e. The van der Waals surface area contributed by atoms with E-state index >= 15 is 0 Å². The van der Waals surface area contributed by atoms with E-state index in [-0.39, 0.29) is 24.5 Å². The molecule has 0 spiro atoms. The van der Waals surface area contributed by atoms with Crippen LogP contribution < -0.4 is 5.32 Å². The standard InChI is InChI=1S/C26H28N8O2S/c1-34-15-22(28-16-34)14-24(36)29-26-33-32-25(37-26)18-6-5-17(10-18)11-20-7-8-21(31-30-20)13-23(35)12-19-4-2-3-9-27-19/h2-4,7-9,15-18H,5-6,10-14H2,1H3,(H,29,33,36)/t17-,18+/m1/s1. The molecule has 0 aliphatic heterocycles. The molecule has 11 heteroatoms. The van der Waals surface area contributed by atoms with Crippen LogP contribution >= 0.6 is 11.3 Å². The summed E-state index contributed by atoms with van der Waals surface area (Å²) in [6.45, 7) is 0. The zero-order valence-electron chi connectivity index (χ0n) is 20.6. The molecule has 1 aliphatic rings. The number of anilines is 1. The first kappa shape index (κ1) is 24.8. The van der Waals surface area contributed by atoms with Gasteiger partial charge in [-0.25, -0.2) is 4.98 Å². The molecule has 1 amide bonds. The molecule has 190 valence electrons. The first-order valence-corrected chi connectivity index (χ1v) is 13.1. The summed E-state index contributed by atoms with van der Waals surface area (Å²) < 4.78 is 1.81. The predicted octanol–water partition coefficient (Wildman–Crippen LogP) is 3.12. The van der Waals surface area contributed by atoms with Gasteiger partial charge in [-0.3, -0.25) is 14.6 Å². The molecule has 0 saturated heterocycles. The van der Waals surface area contributed by atoms with Crippen molar-refractivity contribution in [3.63, 3.8) is 0 Å². The van der Waals surface area contributed by atoms with Crippen molar-refractivity contribution < 1.29 is 9.59 Å². The Bertz CT molecular complexity index is 1350. The second-order valence-electron chi connectivity index (χ2n) is 9.51. The lowest BCUT2D eigenvalue weighted by Gasteiger charge is -2.09. The van der Waals surface area contributed by atoms with Crippen LogP contribution in [0.1, 0.15) is 53.0 Å². The zero-order chi connectivity index (χ0) is 25.6. The molecule has 4 aromatic heterocycles. The van der Waals surface area contributed by atoms with Crippen LogP contribution in [0.15, 0.2) is 49.1 Å². The van der Waals surface area contributed by atoms with Crippen LogP contribution in [0.4, 0.5) is 5.13 Å². The number of hydrogen-bond donors (Lipinski definition) is 1. The largest absolute Gasteiger partial charge is 0.340 e. The van der Waals surface area contributed by atoms with Gasteiger partial charge in [-0.05, 0) is 55.9 Å². The highest BCUT2D eigenvalue weighted by atomic mass is 32.1. The Morgan fingerprint density at radius 1 is 0.946 bits per heavy atom. The first-order valence-electron chi connectivity index (χ1n) is 12.3. The highest BCUT2D eigenvalue weighted by Gasteiger charge is 2.29. The number of aromatic nitrogens is 7.